The van der Waals surface area contributed by atoms with Crippen LogP contribution in [-0.2, 0) is 16.6 Å². The molecule has 3 heterocycles. The number of phenols is 1. The van der Waals surface area contributed by atoms with Crippen molar-refractivity contribution >= 4 is 12.0 Å². The van der Waals surface area contributed by atoms with Gasteiger partial charge in [-0.05, 0) is 74.8 Å². The molecule has 5 aliphatic rings. The lowest BCUT2D eigenvalue weighted by atomic mass is 9.48. The van der Waals surface area contributed by atoms with Crippen molar-refractivity contribution in [2.24, 2.45) is 5.92 Å². The third-order valence-electron chi connectivity index (χ3n) is 9.54. The molecule has 7 rings (SSSR count). The summed E-state index contributed by atoms with van der Waals surface area (Å²) < 4.78 is 11.7. The molecule has 1 amide bonds. The van der Waals surface area contributed by atoms with Crippen molar-refractivity contribution in [3.05, 3.63) is 53.5 Å². The van der Waals surface area contributed by atoms with E-state index in [9.17, 15) is 15.0 Å². The van der Waals surface area contributed by atoms with Gasteiger partial charge in [-0.1, -0.05) is 6.07 Å². The highest BCUT2D eigenvalue weighted by Crippen LogP contribution is 2.66. The molecule has 1 saturated heterocycles. The van der Waals surface area contributed by atoms with Crippen LogP contribution in [-0.4, -0.2) is 69.8 Å². The van der Waals surface area contributed by atoms with Crippen LogP contribution in [0.15, 0.2) is 41.2 Å². The van der Waals surface area contributed by atoms with Crippen molar-refractivity contribution in [2.45, 2.75) is 67.7 Å². The highest BCUT2D eigenvalue weighted by molar-refractivity contribution is 5.91. The van der Waals surface area contributed by atoms with Gasteiger partial charge in [-0.15, -0.1) is 0 Å². The first-order valence-electron chi connectivity index (χ1n) is 12.9. The SMILES string of the molecule is CN(C(=O)/C=C/c1ccoc1)[C@@H]1CCC2(O)C3Cc4ccc(O)c5c4[C@@]2(CCN3CC2CC2)[C@H]1O5. The summed E-state index contributed by atoms with van der Waals surface area (Å²) in [6.07, 6.45) is 11.5. The van der Waals surface area contributed by atoms with Gasteiger partial charge in [0.25, 0.3) is 0 Å². The van der Waals surface area contributed by atoms with E-state index in [0.717, 1.165) is 43.0 Å². The van der Waals surface area contributed by atoms with Gasteiger partial charge in [-0.3, -0.25) is 9.69 Å². The van der Waals surface area contributed by atoms with Crippen LogP contribution < -0.4 is 4.74 Å². The van der Waals surface area contributed by atoms with E-state index >= 15 is 0 Å². The Hall–Kier alpha value is -2.77. The van der Waals surface area contributed by atoms with E-state index in [1.165, 1.54) is 18.4 Å². The van der Waals surface area contributed by atoms with Crippen molar-refractivity contribution in [3.8, 4) is 11.5 Å². The lowest BCUT2D eigenvalue weighted by molar-refractivity contribution is -0.200. The second-order valence-electron chi connectivity index (χ2n) is 11.2. The van der Waals surface area contributed by atoms with E-state index in [1.807, 2.05) is 19.2 Å². The van der Waals surface area contributed by atoms with Gasteiger partial charge in [0.15, 0.2) is 11.5 Å². The van der Waals surface area contributed by atoms with Crippen molar-refractivity contribution in [3.63, 3.8) is 0 Å². The number of aromatic hydroxyl groups is 1. The average molecular weight is 477 g/mol. The molecule has 2 unspecified atom stereocenters. The smallest absolute Gasteiger partial charge is 0.246 e. The summed E-state index contributed by atoms with van der Waals surface area (Å²) >= 11 is 0. The zero-order valence-corrected chi connectivity index (χ0v) is 20.0. The molecule has 7 nitrogen and oxygen atoms in total. The molecule has 5 atom stereocenters. The van der Waals surface area contributed by atoms with Gasteiger partial charge in [0, 0.05) is 36.8 Å². The minimum atomic E-state index is -0.941. The Balaban J connectivity index is 1.28. The highest BCUT2D eigenvalue weighted by Gasteiger charge is 2.73. The minimum Gasteiger partial charge on any atom is -0.504 e. The summed E-state index contributed by atoms with van der Waals surface area (Å²) in [5.74, 6) is 1.28. The number of benzene rings is 1. The van der Waals surface area contributed by atoms with Crippen LogP contribution in [0, 0.1) is 5.92 Å². The number of likely N-dealkylation sites (N-methyl/N-ethyl adjacent to an activating group) is 1. The molecular formula is C28H32N2O5. The van der Waals surface area contributed by atoms with Gasteiger partial charge in [0.1, 0.15) is 6.10 Å². The molecule has 2 aliphatic heterocycles. The summed E-state index contributed by atoms with van der Waals surface area (Å²) in [6, 6.07) is 5.38. The number of hydrogen-bond acceptors (Lipinski definition) is 6. The molecule has 3 aliphatic carbocycles. The van der Waals surface area contributed by atoms with Gasteiger partial charge >= 0.3 is 0 Å². The predicted octanol–water partition coefficient (Wildman–Crippen LogP) is 3.09. The Morgan fingerprint density at radius 2 is 2.11 bits per heavy atom. The summed E-state index contributed by atoms with van der Waals surface area (Å²) in [4.78, 5) is 17.5. The Labute approximate surface area is 205 Å². The van der Waals surface area contributed by atoms with Crippen LogP contribution in [0.3, 0.4) is 0 Å². The van der Waals surface area contributed by atoms with Crippen LogP contribution in [0.2, 0.25) is 0 Å². The van der Waals surface area contributed by atoms with Gasteiger partial charge < -0.3 is 24.3 Å². The molecular weight excluding hydrogens is 444 g/mol. The third-order valence-corrected chi connectivity index (χ3v) is 9.54. The summed E-state index contributed by atoms with van der Waals surface area (Å²) in [5, 5.41) is 23.3. The highest BCUT2D eigenvalue weighted by atomic mass is 16.5. The van der Waals surface area contributed by atoms with Crippen LogP contribution >= 0.6 is 0 Å². The average Bonchev–Trinajstić information content (AvgIpc) is 3.36. The summed E-state index contributed by atoms with van der Waals surface area (Å²) in [6.45, 7) is 1.96. The van der Waals surface area contributed by atoms with Crippen LogP contribution in [0.1, 0.15) is 48.8 Å². The molecule has 2 bridgehead atoms. The molecule has 184 valence electrons. The maximum atomic E-state index is 13.2. The number of nitrogens with zero attached hydrogens (tertiary/aromatic N) is 2. The quantitative estimate of drug-likeness (QED) is 0.645. The van der Waals surface area contributed by atoms with Crippen molar-refractivity contribution in [2.75, 3.05) is 20.1 Å². The number of phenolic OH excluding ortho intramolecular Hbond substituents is 1. The number of furan rings is 1. The lowest BCUT2D eigenvalue weighted by Gasteiger charge is -2.64. The maximum absolute atomic E-state index is 13.2. The molecule has 1 aromatic carbocycles. The molecule has 35 heavy (non-hydrogen) atoms. The Morgan fingerprint density at radius 3 is 2.89 bits per heavy atom. The number of piperidine rings is 1. The summed E-state index contributed by atoms with van der Waals surface area (Å²) in [7, 11) is 1.82. The van der Waals surface area contributed by atoms with Crippen molar-refractivity contribution < 1.29 is 24.2 Å². The molecule has 2 aromatic rings. The number of likely N-dealkylation sites (tertiary alicyclic amines) is 1. The van der Waals surface area contributed by atoms with Gasteiger partial charge in [0.05, 0.1) is 29.6 Å². The molecule has 1 spiro atoms. The zero-order valence-electron chi connectivity index (χ0n) is 20.0. The van der Waals surface area contributed by atoms with Crippen molar-refractivity contribution in [1.82, 2.24) is 9.80 Å². The fraction of sp³-hybridized carbons (Fsp3) is 0.536. The number of carbonyl (C=O) groups is 1. The number of amides is 1. The van der Waals surface area contributed by atoms with E-state index in [-0.39, 0.29) is 23.7 Å². The Morgan fingerprint density at radius 1 is 1.26 bits per heavy atom. The van der Waals surface area contributed by atoms with Crippen LogP contribution in [0.4, 0.5) is 0 Å². The van der Waals surface area contributed by atoms with Crippen molar-refractivity contribution in [1.29, 1.82) is 0 Å². The van der Waals surface area contributed by atoms with E-state index in [1.54, 1.807) is 35.6 Å². The maximum Gasteiger partial charge on any atom is 0.246 e. The summed E-state index contributed by atoms with van der Waals surface area (Å²) in [5.41, 5.74) is 1.44. The van der Waals surface area contributed by atoms with Crippen LogP contribution in [0.5, 0.6) is 11.5 Å². The number of aliphatic hydroxyl groups is 1. The second-order valence-corrected chi connectivity index (χ2v) is 11.2. The first-order chi connectivity index (χ1) is 16.9. The van der Waals surface area contributed by atoms with Gasteiger partial charge in [-0.25, -0.2) is 0 Å². The largest absolute Gasteiger partial charge is 0.504 e. The monoisotopic (exact) mass is 476 g/mol. The standard InChI is InChI=1S/C28H32N2O5/c1-29(23(32)7-4-18-9-13-34-16-18)20-8-10-28(33)22-14-19-5-6-21(31)25-24(19)27(28,26(20)35-25)11-12-30(22)15-17-2-3-17/h4-7,9,13,16-17,20,22,26,31,33H,2-3,8,10-12,14-15H2,1H3/b7-4+/t20-,22?,26+,27+,28?/m1/s1. The molecule has 2 saturated carbocycles. The topological polar surface area (TPSA) is 86.4 Å². The first-order valence-corrected chi connectivity index (χ1v) is 12.9. The van der Waals surface area contributed by atoms with Gasteiger partial charge in [0.2, 0.25) is 5.91 Å². The Kier molecular flexibility index (Phi) is 4.53. The lowest BCUT2D eigenvalue weighted by Crippen LogP contribution is -2.78. The second kappa shape index (κ2) is 7.37. The van der Waals surface area contributed by atoms with E-state index in [2.05, 4.69) is 4.90 Å². The molecule has 7 heteroatoms. The normalized spacial score (nSPS) is 35.1. The number of carbonyl (C=O) groups excluding carboxylic acids is 1. The van der Waals surface area contributed by atoms with E-state index in [4.69, 9.17) is 9.15 Å². The molecule has 0 radical (unpaired) electrons. The molecule has 2 N–H and O–H groups in total. The fourth-order valence-electron chi connectivity index (χ4n) is 7.67. The predicted molar refractivity (Wildman–Crippen MR) is 129 cm³/mol. The molecule has 3 fully saturated rings. The fourth-order valence-corrected chi connectivity index (χ4v) is 7.67. The van der Waals surface area contributed by atoms with Gasteiger partial charge in [-0.2, -0.15) is 0 Å². The van der Waals surface area contributed by atoms with E-state index in [0.29, 0.717) is 18.6 Å². The number of hydrogen-bond donors (Lipinski definition) is 2. The van der Waals surface area contributed by atoms with Crippen LogP contribution in [0.25, 0.3) is 6.08 Å². The number of rotatable bonds is 5. The van der Waals surface area contributed by atoms with E-state index < -0.39 is 17.1 Å². The third kappa shape index (κ3) is 2.88. The minimum absolute atomic E-state index is 0.0360. The Bertz CT molecular complexity index is 1200. The zero-order chi connectivity index (χ0) is 23.9. The number of ether oxygens (including phenoxy) is 1. The first kappa shape index (κ1) is 21.5. The molecule has 1 aromatic heterocycles.